The predicted octanol–water partition coefficient (Wildman–Crippen LogP) is 2.05. The number of thiophene rings is 1. The van der Waals surface area contributed by atoms with E-state index in [1.54, 1.807) is 11.3 Å². The van der Waals surface area contributed by atoms with E-state index in [0.717, 1.165) is 6.42 Å². The standard InChI is InChI=1S/C13H20N2OS/c1-2-9-5-6-17-12(9)8-15-13(16)7-11(14)10-3-4-10/h5-6,10-11H,2-4,7-8,14H2,1H3,(H,15,16). The average Bonchev–Trinajstić information content (AvgIpc) is 3.06. The van der Waals surface area contributed by atoms with Gasteiger partial charge in [0.05, 0.1) is 6.54 Å². The molecule has 1 aromatic rings. The maximum Gasteiger partial charge on any atom is 0.221 e. The van der Waals surface area contributed by atoms with Crippen molar-refractivity contribution in [3.8, 4) is 0 Å². The highest BCUT2D eigenvalue weighted by Gasteiger charge is 2.29. The van der Waals surface area contributed by atoms with Gasteiger partial charge in [0.1, 0.15) is 0 Å². The Bertz CT molecular complexity index is 385. The Morgan fingerprint density at radius 1 is 1.65 bits per heavy atom. The second-order valence-electron chi connectivity index (χ2n) is 4.70. The van der Waals surface area contributed by atoms with Gasteiger partial charge >= 0.3 is 0 Å². The summed E-state index contributed by atoms with van der Waals surface area (Å²) in [4.78, 5) is 13.0. The Hall–Kier alpha value is -0.870. The van der Waals surface area contributed by atoms with Crippen molar-refractivity contribution in [2.24, 2.45) is 11.7 Å². The maximum absolute atomic E-state index is 11.7. The summed E-state index contributed by atoms with van der Waals surface area (Å²) in [5.74, 6) is 0.675. The summed E-state index contributed by atoms with van der Waals surface area (Å²) in [5, 5.41) is 5.04. The molecule has 0 spiro atoms. The van der Waals surface area contributed by atoms with Gasteiger partial charge in [0, 0.05) is 17.3 Å². The molecule has 1 atom stereocenters. The largest absolute Gasteiger partial charge is 0.351 e. The molecule has 94 valence electrons. The van der Waals surface area contributed by atoms with Crippen molar-refractivity contribution in [1.29, 1.82) is 0 Å². The average molecular weight is 252 g/mol. The highest BCUT2D eigenvalue weighted by Crippen LogP contribution is 2.32. The van der Waals surface area contributed by atoms with Crippen LogP contribution in [0.4, 0.5) is 0 Å². The molecule has 17 heavy (non-hydrogen) atoms. The first-order valence-corrected chi connectivity index (χ1v) is 7.16. The Kier molecular flexibility index (Phi) is 4.18. The minimum Gasteiger partial charge on any atom is -0.351 e. The summed E-state index contributed by atoms with van der Waals surface area (Å²) in [6, 6.07) is 2.19. The smallest absolute Gasteiger partial charge is 0.221 e. The number of hydrogen-bond acceptors (Lipinski definition) is 3. The van der Waals surface area contributed by atoms with Crippen molar-refractivity contribution in [2.75, 3.05) is 0 Å². The molecule has 4 heteroatoms. The zero-order chi connectivity index (χ0) is 12.3. The number of carbonyl (C=O) groups is 1. The third-order valence-electron chi connectivity index (χ3n) is 3.31. The lowest BCUT2D eigenvalue weighted by Gasteiger charge is -2.10. The fourth-order valence-electron chi connectivity index (χ4n) is 1.99. The Morgan fingerprint density at radius 3 is 3.06 bits per heavy atom. The van der Waals surface area contributed by atoms with E-state index in [1.807, 2.05) is 0 Å². The van der Waals surface area contributed by atoms with E-state index < -0.39 is 0 Å². The van der Waals surface area contributed by atoms with Crippen LogP contribution in [-0.4, -0.2) is 11.9 Å². The van der Waals surface area contributed by atoms with E-state index in [-0.39, 0.29) is 11.9 Å². The molecule has 1 saturated carbocycles. The highest BCUT2D eigenvalue weighted by atomic mass is 32.1. The summed E-state index contributed by atoms with van der Waals surface area (Å²) < 4.78 is 0. The zero-order valence-corrected chi connectivity index (χ0v) is 11.1. The molecule has 1 aliphatic carbocycles. The van der Waals surface area contributed by atoms with Crippen LogP contribution in [-0.2, 0) is 17.8 Å². The molecule has 3 nitrogen and oxygen atoms in total. The normalized spacial score (nSPS) is 16.8. The second-order valence-corrected chi connectivity index (χ2v) is 5.71. The van der Waals surface area contributed by atoms with Gasteiger partial charge in [-0.3, -0.25) is 4.79 Å². The minimum atomic E-state index is 0.0592. The van der Waals surface area contributed by atoms with Gasteiger partial charge in [0.25, 0.3) is 0 Å². The molecule has 0 saturated heterocycles. The van der Waals surface area contributed by atoms with Crippen LogP contribution in [0.25, 0.3) is 0 Å². The first-order chi connectivity index (χ1) is 8.20. The molecule has 0 radical (unpaired) electrons. The predicted molar refractivity (Wildman–Crippen MR) is 70.9 cm³/mol. The number of amides is 1. The van der Waals surface area contributed by atoms with Crippen molar-refractivity contribution in [2.45, 2.75) is 45.2 Å². The van der Waals surface area contributed by atoms with E-state index in [9.17, 15) is 4.79 Å². The monoisotopic (exact) mass is 252 g/mol. The maximum atomic E-state index is 11.7. The van der Waals surface area contributed by atoms with Crippen LogP contribution < -0.4 is 11.1 Å². The molecule has 1 heterocycles. The lowest BCUT2D eigenvalue weighted by atomic mass is 10.1. The van der Waals surface area contributed by atoms with Gasteiger partial charge in [0.2, 0.25) is 5.91 Å². The molecular weight excluding hydrogens is 232 g/mol. The topological polar surface area (TPSA) is 55.1 Å². The molecule has 1 aromatic heterocycles. The van der Waals surface area contributed by atoms with Crippen molar-refractivity contribution in [1.82, 2.24) is 5.32 Å². The molecular formula is C13H20N2OS. The molecule has 1 unspecified atom stereocenters. The number of carbonyl (C=O) groups excluding carboxylic acids is 1. The summed E-state index contributed by atoms with van der Waals surface area (Å²) in [7, 11) is 0. The Morgan fingerprint density at radius 2 is 2.41 bits per heavy atom. The molecule has 0 aliphatic heterocycles. The molecule has 0 bridgehead atoms. The first kappa shape index (κ1) is 12.6. The molecule has 2 rings (SSSR count). The van der Waals surface area contributed by atoms with E-state index in [2.05, 4.69) is 23.7 Å². The lowest BCUT2D eigenvalue weighted by molar-refractivity contribution is -0.121. The fraction of sp³-hybridized carbons (Fsp3) is 0.615. The van der Waals surface area contributed by atoms with Crippen molar-refractivity contribution in [3.05, 3.63) is 21.9 Å². The fourth-order valence-corrected chi connectivity index (χ4v) is 2.91. The summed E-state index contributed by atoms with van der Waals surface area (Å²) in [6.45, 7) is 2.79. The highest BCUT2D eigenvalue weighted by molar-refractivity contribution is 7.10. The summed E-state index contributed by atoms with van der Waals surface area (Å²) in [5.41, 5.74) is 7.26. The Balaban J connectivity index is 1.75. The van der Waals surface area contributed by atoms with E-state index in [1.165, 1.54) is 23.3 Å². The summed E-state index contributed by atoms with van der Waals surface area (Å²) >= 11 is 1.71. The molecule has 0 aromatic carbocycles. The van der Waals surface area contributed by atoms with Crippen molar-refractivity contribution >= 4 is 17.2 Å². The van der Waals surface area contributed by atoms with Gasteiger partial charge in [-0.05, 0) is 42.2 Å². The molecule has 3 N–H and O–H groups in total. The van der Waals surface area contributed by atoms with Gasteiger partial charge < -0.3 is 11.1 Å². The van der Waals surface area contributed by atoms with Crippen LogP contribution in [0.15, 0.2) is 11.4 Å². The van der Waals surface area contributed by atoms with Crippen LogP contribution in [0.1, 0.15) is 36.6 Å². The molecule has 1 aliphatic rings. The van der Waals surface area contributed by atoms with Crippen LogP contribution in [0.5, 0.6) is 0 Å². The van der Waals surface area contributed by atoms with Gasteiger partial charge in [-0.25, -0.2) is 0 Å². The molecule has 1 fully saturated rings. The second kappa shape index (κ2) is 5.65. The number of aryl methyl sites for hydroxylation is 1. The van der Waals surface area contributed by atoms with Gasteiger partial charge in [0.15, 0.2) is 0 Å². The van der Waals surface area contributed by atoms with Crippen molar-refractivity contribution < 1.29 is 4.79 Å². The third-order valence-corrected chi connectivity index (χ3v) is 4.28. The SMILES string of the molecule is CCc1ccsc1CNC(=O)CC(N)C1CC1. The number of nitrogens with one attached hydrogen (secondary N) is 1. The molecule has 1 amide bonds. The minimum absolute atomic E-state index is 0.0592. The Labute approximate surface area is 106 Å². The van der Waals surface area contributed by atoms with Gasteiger partial charge in [-0.1, -0.05) is 6.92 Å². The van der Waals surface area contributed by atoms with E-state index in [4.69, 9.17) is 5.73 Å². The lowest BCUT2D eigenvalue weighted by Crippen LogP contribution is -2.32. The summed E-state index contributed by atoms with van der Waals surface area (Å²) in [6.07, 6.45) is 3.88. The van der Waals surface area contributed by atoms with Crippen LogP contribution in [0.2, 0.25) is 0 Å². The third kappa shape index (κ3) is 3.54. The quantitative estimate of drug-likeness (QED) is 0.814. The number of nitrogens with two attached hydrogens (primary N) is 1. The number of rotatable bonds is 6. The van der Waals surface area contributed by atoms with E-state index in [0.29, 0.717) is 18.9 Å². The first-order valence-electron chi connectivity index (χ1n) is 6.28. The van der Waals surface area contributed by atoms with Gasteiger partial charge in [-0.2, -0.15) is 0 Å². The van der Waals surface area contributed by atoms with Gasteiger partial charge in [-0.15, -0.1) is 11.3 Å². The zero-order valence-electron chi connectivity index (χ0n) is 10.2. The van der Waals surface area contributed by atoms with Crippen LogP contribution in [0, 0.1) is 5.92 Å². The van der Waals surface area contributed by atoms with Crippen LogP contribution in [0.3, 0.4) is 0 Å². The number of hydrogen-bond donors (Lipinski definition) is 2. The van der Waals surface area contributed by atoms with Crippen LogP contribution >= 0.6 is 11.3 Å². The van der Waals surface area contributed by atoms with E-state index >= 15 is 0 Å². The van der Waals surface area contributed by atoms with Crippen molar-refractivity contribution in [3.63, 3.8) is 0 Å².